The Morgan fingerprint density at radius 2 is 2.22 bits per heavy atom. The van der Waals surface area contributed by atoms with Crippen LogP contribution in [-0.4, -0.2) is 34.0 Å². The van der Waals surface area contributed by atoms with E-state index in [-0.39, 0.29) is 26.2 Å². The van der Waals surface area contributed by atoms with Crippen molar-refractivity contribution < 1.29 is 30.2 Å². The van der Waals surface area contributed by atoms with E-state index < -0.39 is 5.97 Å². The first-order valence-electron chi connectivity index (χ1n) is 5.80. The number of pyridine rings is 1. The number of aliphatic carboxylic acids is 1. The topological polar surface area (TPSA) is 79.5 Å². The zero-order chi connectivity index (χ0) is 12.3. The Kier molecular flexibility index (Phi) is 5.67. The molecule has 0 aliphatic carbocycles. The number of rotatable bonds is 3. The van der Waals surface area contributed by atoms with Gasteiger partial charge in [-0.05, 0) is 37.6 Å². The van der Waals surface area contributed by atoms with E-state index in [0.29, 0.717) is 5.69 Å². The van der Waals surface area contributed by atoms with Gasteiger partial charge >= 0.3 is 24.8 Å². The average Bonchev–Trinajstić information content (AvgIpc) is 2.33. The van der Waals surface area contributed by atoms with Crippen molar-refractivity contribution in [3.05, 3.63) is 24.0 Å². The molecular formula is C12H18LiN3O2. The summed E-state index contributed by atoms with van der Waals surface area (Å²) in [6, 6.07) is 1.92. The number of hydrogen-bond donors (Lipinski definition) is 2. The van der Waals surface area contributed by atoms with Crippen LogP contribution in [-0.2, 0) is 11.3 Å². The minimum atomic E-state index is -0.673. The van der Waals surface area contributed by atoms with Gasteiger partial charge in [0, 0.05) is 12.7 Å². The first kappa shape index (κ1) is 15.0. The van der Waals surface area contributed by atoms with E-state index in [4.69, 9.17) is 10.8 Å². The second-order valence-corrected chi connectivity index (χ2v) is 4.46. The smallest absolute Gasteiger partial charge is 1.00 e. The number of nitrogen functional groups attached to an aromatic ring is 1. The van der Waals surface area contributed by atoms with Crippen molar-refractivity contribution in [1.82, 2.24) is 9.88 Å². The summed E-state index contributed by atoms with van der Waals surface area (Å²) in [5.41, 5.74) is 7.60. The average molecular weight is 243 g/mol. The predicted octanol–water partition coefficient (Wildman–Crippen LogP) is -1.92. The normalized spacial score (nSPS) is 17.1. The van der Waals surface area contributed by atoms with E-state index in [1.54, 1.807) is 12.4 Å². The van der Waals surface area contributed by atoms with Crippen molar-refractivity contribution in [1.29, 1.82) is 0 Å². The number of likely N-dealkylation sites (tertiary alicyclic amines) is 1. The van der Waals surface area contributed by atoms with Crippen LogP contribution in [0.4, 0.5) is 5.69 Å². The Balaban J connectivity index is 0.00000162. The van der Waals surface area contributed by atoms with Crippen molar-refractivity contribution in [2.45, 2.75) is 19.4 Å². The maximum absolute atomic E-state index is 10.8. The van der Waals surface area contributed by atoms with Gasteiger partial charge in [-0.3, -0.25) is 14.7 Å². The standard InChI is InChI=1S/C12H17N3O2.Li.H/c13-11-7-14-4-1-10(11)8-15-5-2-9(3-6-15)12(16)17;;/h1,4,7,9H,2-3,5-6,8,13H2,(H,16,17);;/q;+1;-1. The summed E-state index contributed by atoms with van der Waals surface area (Å²) < 4.78 is 0. The molecular weight excluding hydrogens is 225 g/mol. The van der Waals surface area contributed by atoms with Gasteiger partial charge in [-0.25, -0.2) is 0 Å². The van der Waals surface area contributed by atoms with Crippen LogP contribution in [0.25, 0.3) is 0 Å². The molecule has 6 heteroatoms. The fourth-order valence-electron chi connectivity index (χ4n) is 2.16. The number of piperidine rings is 1. The summed E-state index contributed by atoms with van der Waals surface area (Å²) in [4.78, 5) is 17.0. The van der Waals surface area contributed by atoms with Gasteiger partial charge in [0.1, 0.15) is 0 Å². The Labute approximate surface area is 120 Å². The molecule has 1 aromatic heterocycles. The number of nitrogens with zero attached hydrogens (tertiary/aromatic N) is 2. The molecule has 94 valence electrons. The van der Waals surface area contributed by atoms with Gasteiger partial charge in [-0.15, -0.1) is 0 Å². The van der Waals surface area contributed by atoms with E-state index >= 15 is 0 Å². The Hall–Kier alpha value is -1.02. The third kappa shape index (κ3) is 3.74. The summed E-state index contributed by atoms with van der Waals surface area (Å²) >= 11 is 0. The minimum Gasteiger partial charge on any atom is -1.00 e. The minimum absolute atomic E-state index is 0. The Bertz CT molecular complexity index is 412. The van der Waals surface area contributed by atoms with Gasteiger partial charge in [0.2, 0.25) is 0 Å². The maximum atomic E-state index is 10.8. The quantitative estimate of drug-likeness (QED) is 0.605. The van der Waals surface area contributed by atoms with Crippen LogP contribution >= 0.6 is 0 Å². The van der Waals surface area contributed by atoms with Crippen LogP contribution in [0.3, 0.4) is 0 Å². The van der Waals surface area contributed by atoms with Crippen LogP contribution in [0.5, 0.6) is 0 Å². The Morgan fingerprint density at radius 1 is 1.56 bits per heavy atom. The maximum Gasteiger partial charge on any atom is 1.00 e. The van der Waals surface area contributed by atoms with Crippen molar-refractivity contribution in [2.24, 2.45) is 5.92 Å². The van der Waals surface area contributed by atoms with Crippen molar-refractivity contribution in [2.75, 3.05) is 18.8 Å². The van der Waals surface area contributed by atoms with Gasteiger partial charge in [0.25, 0.3) is 0 Å². The molecule has 0 radical (unpaired) electrons. The zero-order valence-corrected chi connectivity index (χ0v) is 10.7. The molecule has 0 amide bonds. The molecule has 0 atom stereocenters. The monoisotopic (exact) mass is 243 g/mol. The molecule has 0 saturated carbocycles. The third-order valence-electron chi connectivity index (χ3n) is 3.28. The van der Waals surface area contributed by atoms with Crippen LogP contribution in [0.15, 0.2) is 18.5 Å². The van der Waals surface area contributed by atoms with E-state index in [9.17, 15) is 4.79 Å². The van der Waals surface area contributed by atoms with Crippen LogP contribution in [0.2, 0.25) is 0 Å². The number of nitrogens with two attached hydrogens (primary N) is 1. The van der Waals surface area contributed by atoms with Gasteiger partial charge < -0.3 is 12.3 Å². The molecule has 1 saturated heterocycles. The second-order valence-electron chi connectivity index (χ2n) is 4.46. The number of aromatic nitrogens is 1. The van der Waals surface area contributed by atoms with Crippen molar-refractivity contribution in [3.63, 3.8) is 0 Å². The van der Waals surface area contributed by atoms with Crippen LogP contribution in [0.1, 0.15) is 19.8 Å². The largest absolute Gasteiger partial charge is 1.00 e. The second kappa shape index (κ2) is 6.79. The Morgan fingerprint density at radius 3 is 2.78 bits per heavy atom. The number of carboxylic acid groups (broad SMARTS) is 1. The molecule has 3 N–H and O–H groups in total. The number of hydrogen-bond acceptors (Lipinski definition) is 4. The SMILES string of the molecule is Nc1cnccc1CN1CCC(C(=O)O)CC1.[H-].[Li+]. The molecule has 2 rings (SSSR count). The van der Waals surface area contributed by atoms with Gasteiger partial charge in [-0.2, -0.15) is 0 Å². The van der Waals surface area contributed by atoms with Crippen molar-refractivity contribution >= 4 is 11.7 Å². The van der Waals surface area contributed by atoms with E-state index in [1.807, 2.05) is 6.07 Å². The van der Waals surface area contributed by atoms with E-state index in [0.717, 1.165) is 38.0 Å². The fraction of sp³-hybridized carbons (Fsp3) is 0.500. The van der Waals surface area contributed by atoms with E-state index in [1.165, 1.54) is 0 Å². The van der Waals surface area contributed by atoms with Gasteiger partial charge in [0.05, 0.1) is 17.8 Å². The fourth-order valence-corrected chi connectivity index (χ4v) is 2.16. The number of anilines is 1. The molecule has 1 fully saturated rings. The first-order valence-corrected chi connectivity index (χ1v) is 5.80. The predicted molar refractivity (Wildman–Crippen MR) is 65.4 cm³/mol. The van der Waals surface area contributed by atoms with Crippen LogP contribution < -0.4 is 24.6 Å². The summed E-state index contributed by atoms with van der Waals surface area (Å²) in [5.74, 6) is -0.853. The summed E-state index contributed by atoms with van der Waals surface area (Å²) in [5, 5.41) is 8.91. The summed E-state index contributed by atoms with van der Waals surface area (Å²) in [6.07, 6.45) is 4.83. The third-order valence-corrected chi connectivity index (χ3v) is 3.28. The summed E-state index contributed by atoms with van der Waals surface area (Å²) in [7, 11) is 0. The van der Waals surface area contributed by atoms with Crippen LogP contribution in [0, 0.1) is 5.92 Å². The number of carbonyl (C=O) groups is 1. The molecule has 1 aliphatic heterocycles. The molecule has 0 spiro atoms. The molecule has 2 heterocycles. The molecule has 1 aliphatic rings. The van der Waals surface area contributed by atoms with E-state index in [2.05, 4.69) is 9.88 Å². The molecule has 1 aromatic rings. The molecule has 0 bridgehead atoms. The van der Waals surface area contributed by atoms with Gasteiger partial charge in [-0.1, -0.05) is 0 Å². The molecule has 18 heavy (non-hydrogen) atoms. The van der Waals surface area contributed by atoms with Crippen molar-refractivity contribution in [3.8, 4) is 0 Å². The molecule has 0 aromatic carbocycles. The zero-order valence-electron chi connectivity index (χ0n) is 11.7. The molecule has 5 nitrogen and oxygen atoms in total. The van der Waals surface area contributed by atoms with Gasteiger partial charge in [0.15, 0.2) is 0 Å². The molecule has 0 unspecified atom stereocenters. The summed E-state index contributed by atoms with van der Waals surface area (Å²) in [6.45, 7) is 2.41. The number of carboxylic acids is 1. The first-order chi connectivity index (χ1) is 8.16.